The quantitative estimate of drug-likeness (QED) is 0.757. The van der Waals surface area contributed by atoms with Crippen LogP contribution in [0.4, 0.5) is 0 Å². The summed E-state index contributed by atoms with van der Waals surface area (Å²) in [6.07, 6.45) is 2.61. The molecule has 5 heteroatoms. The first-order valence-corrected chi connectivity index (χ1v) is 8.53. The van der Waals surface area contributed by atoms with Crippen molar-refractivity contribution >= 4 is 12.2 Å². The summed E-state index contributed by atoms with van der Waals surface area (Å²) in [6.45, 7) is 9.13. The van der Waals surface area contributed by atoms with E-state index in [4.69, 9.17) is 17.3 Å². The monoisotopic (exact) mass is 316 g/mol. The molecule has 4 nitrogen and oxygen atoms in total. The molecular formula is C17H24N4S. The maximum absolute atomic E-state index is 5.65. The van der Waals surface area contributed by atoms with E-state index in [1.54, 1.807) is 0 Å². The van der Waals surface area contributed by atoms with E-state index in [1.165, 1.54) is 18.4 Å². The molecule has 1 aromatic heterocycles. The van der Waals surface area contributed by atoms with Gasteiger partial charge in [0.05, 0.1) is 6.67 Å². The summed E-state index contributed by atoms with van der Waals surface area (Å²) in [5.74, 6) is 0.975. The van der Waals surface area contributed by atoms with Crippen LogP contribution in [0.15, 0.2) is 24.3 Å². The van der Waals surface area contributed by atoms with Crippen LogP contribution in [0.3, 0.4) is 0 Å². The highest BCUT2D eigenvalue weighted by atomic mass is 32.1. The fourth-order valence-corrected chi connectivity index (χ4v) is 3.22. The molecular weight excluding hydrogens is 292 g/mol. The smallest absolute Gasteiger partial charge is 0.199 e. The molecule has 0 spiro atoms. The minimum absolute atomic E-state index is 0.723. The van der Waals surface area contributed by atoms with Gasteiger partial charge >= 0.3 is 0 Å². The summed E-state index contributed by atoms with van der Waals surface area (Å²) < 4.78 is 4.93. The average Bonchev–Trinajstić information content (AvgIpc) is 3.30. The van der Waals surface area contributed by atoms with Crippen molar-refractivity contribution in [1.82, 2.24) is 19.2 Å². The third-order valence-corrected chi connectivity index (χ3v) is 4.73. The van der Waals surface area contributed by atoms with Crippen LogP contribution in [0.2, 0.25) is 0 Å². The normalized spacial score (nSPS) is 14.7. The second-order valence-electron chi connectivity index (χ2n) is 6.00. The van der Waals surface area contributed by atoms with Gasteiger partial charge in [0.15, 0.2) is 10.6 Å². The van der Waals surface area contributed by atoms with E-state index in [9.17, 15) is 0 Å². The predicted octanol–water partition coefficient (Wildman–Crippen LogP) is 3.85. The third-order valence-electron chi connectivity index (χ3n) is 4.30. The molecule has 0 saturated heterocycles. The van der Waals surface area contributed by atoms with Gasteiger partial charge in [-0.2, -0.15) is 5.10 Å². The molecule has 0 amide bonds. The third kappa shape index (κ3) is 3.01. The van der Waals surface area contributed by atoms with Crippen LogP contribution in [-0.4, -0.2) is 31.8 Å². The summed E-state index contributed by atoms with van der Waals surface area (Å²) in [5, 5.41) is 4.82. The van der Waals surface area contributed by atoms with Gasteiger partial charge in [-0.05, 0) is 51.5 Å². The highest BCUT2D eigenvalue weighted by Crippen LogP contribution is 2.27. The molecule has 2 aromatic rings. The topological polar surface area (TPSA) is 26.0 Å². The number of nitrogens with zero attached hydrogens (tertiary/aromatic N) is 4. The second-order valence-corrected chi connectivity index (χ2v) is 6.36. The van der Waals surface area contributed by atoms with Crippen molar-refractivity contribution in [1.29, 1.82) is 0 Å². The van der Waals surface area contributed by atoms with Crippen molar-refractivity contribution in [2.45, 2.75) is 52.9 Å². The average molecular weight is 316 g/mol. The van der Waals surface area contributed by atoms with Gasteiger partial charge in [-0.15, -0.1) is 0 Å². The highest BCUT2D eigenvalue weighted by molar-refractivity contribution is 7.71. The number of rotatable bonds is 6. The summed E-state index contributed by atoms with van der Waals surface area (Å²) in [7, 11) is 0. The summed E-state index contributed by atoms with van der Waals surface area (Å²) in [6, 6.07) is 9.19. The zero-order chi connectivity index (χ0) is 15.7. The molecule has 0 atom stereocenters. The van der Waals surface area contributed by atoms with Gasteiger partial charge in [0.1, 0.15) is 0 Å². The Morgan fingerprint density at radius 2 is 2.09 bits per heavy atom. The van der Waals surface area contributed by atoms with Gasteiger partial charge in [0, 0.05) is 18.2 Å². The van der Waals surface area contributed by atoms with Crippen molar-refractivity contribution in [2.75, 3.05) is 6.54 Å². The molecule has 1 fully saturated rings. The molecule has 22 heavy (non-hydrogen) atoms. The van der Waals surface area contributed by atoms with Crippen molar-refractivity contribution in [3.63, 3.8) is 0 Å². The van der Waals surface area contributed by atoms with Crippen LogP contribution in [0.1, 0.15) is 32.3 Å². The maximum atomic E-state index is 5.65. The van der Waals surface area contributed by atoms with E-state index in [2.05, 4.69) is 54.5 Å². The standard InChI is InChI=1S/C17H24N4S/c1-4-19(15-9-10-15)12-21-17(22)20(5-2)16(18-21)14-8-6-7-13(3)11-14/h6-8,11,15H,4-5,9-10,12H2,1-3H3. The lowest BCUT2D eigenvalue weighted by Gasteiger charge is -2.19. The molecule has 1 aliphatic carbocycles. The molecule has 0 N–H and O–H groups in total. The van der Waals surface area contributed by atoms with E-state index in [0.29, 0.717) is 0 Å². The zero-order valence-corrected chi connectivity index (χ0v) is 14.4. The summed E-state index contributed by atoms with van der Waals surface area (Å²) in [4.78, 5) is 2.46. The highest BCUT2D eigenvalue weighted by Gasteiger charge is 2.28. The number of hydrogen-bond donors (Lipinski definition) is 0. The number of aryl methyl sites for hydroxylation is 1. The second kappa shape index (κ2) is 6.34. The van der Waals surface area contributed by atoms with E-state index in [1.807, 2.05) is 4.68 Å². The first-order chi connectivity index (χ1) is 10.6. The molecule has 1 aromatic carbocycles. The molecule has 1 heterocycles. The molecule has 0 unspecified atom stereocenters. The minimum atomic E-state index is 0.723. The number of aromatic nitrogens is 3. The Labute approximate surface area is 137 Å². The van der Waals surface area contributed by atoms with Crippen molar-refractivity contribution in [2.24, 2.45) is 0 Å². The van der Waals surface area contributed by atoms with Crippen LogP contribution >= 0.6 is 12.2 Å². The fraction of sp³-hybridized carbons (Fsp3) is 0.529. The Hall–Kier alpha value is -1.46. The van der Waals surface area contributed by atoms with Crippen molar-refractivity contribution < 1.29 is 0 Å². The van der Waals surface area contributed by atoms with Crippen LogP contribution in [0, 0.1) is 11.7 Å². The molecule has 0 aliphatic heterocycles. The Kier molecular flexibility index (Phi) is 4.45. The maximum Gasteiger partial charge on any atom is 0.199 e. The Morgan fingerprint density at radius 3 is 2.68 bits per heavy atom. The van der Waals surface area contributed by atoms with Gasteiger partial charge in [-0.3, -0.25) is 4.90 Å². The molecule has 0 radical (unpaired) electrons. The SMILES string of the molecule is CCN(Cn1nc(-c2cccc(C)c2)n(CC)c1=S)C1CC1. The number of benzene rings is 1. The van der Waals surface area contributed by atoms with Gasteiger partial charge in [0.2, 0.25) is 0 Å². The van der Waals surface area contributed by atoms with E-state index >= 15 is 0 Å². The minimum Gasteiger partial charge on any atom is -0.300 e. The Bertz CT molecular complexity index is 712. The molecule has 118 valence electrons. The van der Waals surface area contributed by atoms with Gasteiger partial charge < -0.3 is 4.57 Å². The summed E-state index contributed by atoms with van der Waals surface area (Å²) in [5.41, 5.74) is 2.38. The Morgan fingerprint density at radius 1 is 1.32 bits per heavy atom. The van der Waals surface area contributed by atoms with Crippen molar-refractivity contribution in [3.05, 3.63) is 34.6 Å². The van der Waals surface area contributed by atoms with Crippen LogP contribution in [0.5, 0.6) is 0 Å². The van der Waals surface area contributed by atoms with E-state index < -0.39 is 0 Å². The van der Waals surface area contributed by atoms with Crippen LogP contribution < -0.4 is 0 Å². The van der Waals surface area contributed by atoms with Gasteiger partial charge in [0.25, 0.3) is 0 Å². The van der Waals surface area contributed by atoms with Crippen LogP contribution in [-0.2, 0) is 13.2 Å². The fourth-order valence-electron chi connectivity index (χ4n) is 2.90. The predicted molar refractivity (Wildman–Crippen MR) is 92.3 cm³/mol. The number of hydrogen-bond acceptors (Lipinski definition) is 3. The lowest BCUT2D eigenvalue weighted by Crippen LogP contribution is -2.29. The molecule has 1 aliphatic rings. The Balaban J connectivity index is 1.97. The molecule has 3 rings (SSSR count). The zero-order valence-electron chi connectivity index (χ0n) is 13.6. The largest absolute Gasteiger partial charge is 0.300 e. The first-order valence-electron chi connectivity index (χ1n) is 8.12. The van der Waals surface area contributed by atoms with Crippen LogP contribution in [0.25, 0.3) is 11.4 Å². The van der Waals surface area contributed by atoms with Gasteiger partial charge in [-0.25, -0.2) is 4.68 Å². The lowest BCUT2D eigenvalue weighted by molar-refractivity contribution is 0.206. The summed E-state index contributed by atoms with van der Waals surface area (Å²) >= 11 is 5.65. The molecule has 1 saturated carbocycles. The first kappa shape index (κ1) is 15.4. The lowest BCUT2D eigenvalue weighted by atomic mass is 10.1. The molecule has 0 bridgehead atoms. The van der Waals surface area contributed by atoms with Gasteiger partial charge in [-0.1, -0.05) is 30.7 Å². The van der Waals surface area contributed by atoms with Crippen molar-refractivity contribution in [3.8, 4) is 11.4 Å². The van der Waals surface area contributed by atoms with E-state index in [-0.39, 0.29) is 0 Å². The van der Waals surface area contributed by atoms with E-state index in [0.717, 1.165) is 42.0 Å².